The molecule has 0 atom stereocenters. The zero-order valence-electron chi connectivity index (χ0n) is 21.0. The molecule has 4 aliphatic carbocycles. The maximum Gasteiger partial charge on any atom is 0.311 e. The van der Waals surface area contributed by atoms with Crippen molar-refractivity contribution in [1.29, 1.82) is 0 Å². The summed E-state index contributed by atoms with van der Waals surface area (Å²) in [5, 5.41) is 3.28. The number of carbonyl (C=O) groups is 2. The molecule has 1 aromatic carbocycles. The third-order valence-electron chi connectivity index (χ3n) is 8.49. The molecule has 1 N–H and O–H groups in total. The molecule has 0 radical (unpaired) electrons. The van der Waals surface area contributed by atoms with Gasteiger partial charge in [-0.1, -0.05) is 19.1 Å². The number of nitrogens with zero attached hydrogens (tertiary/aromatic N) is 2. The molecule has 7 nitrogen and oxygen atoms in total. The molecule has 2 heterocycles. The van der Waals surface area contributed by atoms with Crippen molar-refractivity contribution in [2.24, 2.45) is 23.2 Å². The van der Waals surface area contributed by atoms with E-state index in [9.17, 15) is 9.59 Å². The van der Waals surface area contributed by atoms with E-state index in [0.717, 1.165) is 24.3 Å². The van der Waals surface area contributed by atoms with Gasteiger partial charge in [0.15, 0.2) is 11.5 Å². The van der Waals surface area contributed by atoms with Crippen LogP contribution in [-0.2, 0) is 4.79 Å². The Labute approximate surface area is 211 Å². The highest BCUT2D eigenvalue weighted by Crippen LogP contribution is 2.59. The first-order chi connectivity index (χ1) is 17.5. The second-order valence-corrected chi connectivity index (χ2v) is 11.0. The topological polar surface area (TPSA) is 81.9 Å². The predicted molar refractivity (Wildman–Crippen MR) is 136 cm³/mol. The number of aromatic nitrogens is 2. The monoisotopic (exact) mass is 487 g/mol. The highest BCUT2D eigenvalue weighted by Gasteiger charge is 2.50. The summed E-state index contributed by atoms with van der Waals surface area (Å²) in [4.78, 5) is 30.2. The molecule has 1 amide bonds. The Morgan fingerprint density at radius 1 is 1.06 bits per heavy atom. The third kappa shape index (κ3) is 4.04. The second-order valence-electron chi connectivity index (χ2n) is 11.0. The number of carbonyl (C=O) groups excluding carboxylic acids is 2. The van der Waals surface area contributed by atoms with Gasteiger partial charge in [0.25, 0.3) is 5.91 Å². The highest BCUT2D eigenvalue weighted by atomic mass is 16.6. The summed E-state index contributed by atoms with van der Waals surface area (Å²) in [6.45, 7) is 2.50. The standard InChI is InChI=1S/C29H33N3O4/c1-3-26(33)36-27-21(6-4-8-24(27)35-2)22-16-32-23(7-5-9-25(32)31-22)28(34)30-17-29-13-18-10-19(14-29)12-20(11-18)15-29/h4-9,16,18-20H,3,10-15,17H2,1-2H3,(H,30,34). The molecule has 0 saturated heterocycles. The molecule has 4 saturated carbocycles. The molecule has 4 bridgehead atoms. The summed E-state index contributed by atoms with van der Waals surface area (Å²) in [5.41, 5.74) is 2.72. The summed E-state index contributed by atoms with van der Waals surface area (Å²) in [6.07, 6.45) is 10.0. The van der Waals surface area contributed by atoms with E-state index in [-0.39, 0.29) is 23.7 Å². The van der Waals surface area contributed by atoms with E-state index in [1.165, 1.54) is 45.6 Å². The number of nitrogens with one attached hydrogen (secondary N) is 1. The lowest BCUT2D eigenvalue weighted by Gasteiger charge is -2.56. The number of methoxy groups -OCH3 is 1. The van der Waals surface area contributed by atoms with Gasteiger partial charge in [-0.25, -0.2) is 4.98 Å². The molecule has 0 spiro atoms. The number of para-hydroxylation sites is 1. The number of esters is 1. The van der Waals surface area contributed by atoms with Gasteiger partial charge in [-0.3, -0.25) is 14.0 Å². The van der Waals surface area contributed by atoms with Crippen LogP contribution in [0.1, 0.15) is 62.4 Å². The van der Waals surface area contributed by atoms with Crippen LogP contribution in [0.2, 0.25) is 0 Å². The van der Waals surface area contributed by atoms with Crippen molar-refractivity contribution in [2.75, 3.05) is 13.7 Å². The quantitative estimate of drug-likeness (QED) is 0.363. The van der Waals surface area contributed by atoms with E-state index in [2.05, 4.69) is 5.32 Å². The largest absolute Gasteiger partial charge is 0.493 e. The highest BCUT2D eigenvalue weighted by molar-refractivity contribution is 5.93. The number of fused-ring (bicyclic) bond motifs is 1. The number of pyridine rings is 1. The SMILES string of the molecule is CCC(=O)Oc1c(OC)cccc1-c1cn2c(C(=O)NCC34CC5CC(CC(C5)C3)C4)cccc2n1. The molecule has 7 rings (SSSR count). The van der Waals surface area contributed by atoms with E-state index >= 15 is 0 Å². The summed E-state index contributed by atoms with van der Waals surface area (Å²) in [5.74, 6) is 2.92. The summed E-state index contributed by atoms with van der Waals surface area (Å²) >= 11 is 0. The number of ether oxygens (including phenoxy) is 2. The molecule has 0 aliphatic heterocycles. The Hall–Kier alpha value is -3.35. The minimum absolute atomic E-state index is 0.0800. The smallest absolute Gasteiger partial charge is 0.311 e. The number of hydrogen-bond acceptors (Lipinski definition) is 5. The summed E-state index contributed by atoms with van der Waals surface area (Å²) < 4.78 is 12.9. The van der Waals surface area contributed by atoms with Crippen LogP contribution in [0.5, 0.6) is 11.5 Å². The van der Waals surface area contributed by atoms with Gasteiger partial charge in [-0.05, 0) is 86.0 Å². The number of imidazole rings is 1. The van der Waals surface area contributed by atoms with Crippen LogP contribution in [0.25, 0.3) is 16.9 Å². The Kier molecular flexibility index (Phi) is 5.73. The predicted octanol–water partition coefficient (Wildman–Crippen LogP) is 5.27. The van der Waals surface area contributed by atoms with Crippen LogP contribution >= 0.6 is 0 Å². The van der Waals surface area contributed by atoms with Crippen LogP contribution in [-0.4, -0.2) is 34.9 Å². The Bertz CT molecular complexity index is 1290. The summed E-state index contributed by atoms with van der Waals surface area (Å²) in [6, 6.07) is 11.0. The molecule has 2 aromatic heterocycles. The van der Waals surface area contributed by atoms with Gasteiger partial charge < -0.3 is 14.8 Å². The third-order valence-corrected chi connectivity index (χ3v) is 8.49. The van der Waals surface area contributed by atoms with Gasteiger partial charge in [-0.15, -0.1) is 0 Å². The number of benzene rings is 1. The van der Waals surface area contributed by atoms with Crippen molar-refractivity contribution in [3.8, 4) is 22.8 Å². The van der Waals surface area contributed by atoms with Gasteiger partial charge in [0.05, 0.1) is 12.8 Å². The Balaban J connectivity index is 1.28. The fourth-order valence-corrected chi connectivity index (χ4v) is 7.36. The van der Waals surface area contributed by atoms with Crippen molar-refractivity contribution in [1.82, 2.24) is 14.7 Å². The van der Waals surface area contributed by atoms with E-state index in [4.69, 9.17) is 14.5 Å². The van der Waals surface area contributed by atoms with Gasteiger partial charge in [0.2, 0.25) is 0 Å². The Morgan fingerprint density at radius 2 is 1.75 bits per heavy atom. The zero-order valence-corrected chi connectivity index (χ0v) is 21.0. The molecule has 4 aliphatic rings. The van der Waals surface area contributed by atoms with Crippen molar-refractivity contribution in [3.63, 3.8) is 0 Å². The van der Waals surface area contributed by atoms with Crippen LogP contribution < -0.4 is 14.8 Å². The fraction of sp³-hybridized carbons (Fsp3) is 0.483. The molecule has 4 fully saturated rings. The van der Waals surface area contributed by atoms with Crippen molar-refractivity contribution >= 4 is 17.5 Å². The van der Waals surface area contributed by atoms with Gasteiger partial charge >= 0.3 is 5.97 Å². The van der Waals surface area contributed by atoms with Gasteiger partial charge in [0.1, 0.15) is 11.3 Å². The van der Waals surface area contributed by atoms with Crippen LogP contribution in [0.3, 0.4) is 0 Å². The van der Waals surface area contributed by atoms with E-state index in [1.807, 2.05) is 40.9 Å². The maximum atomic E-state index is 13.4. The number of amides is 1. The maximum absolute atomic E-state index is 13.4. The normalized spacial score (nSPS) is 26.2. The molecular weight excluding hydrogens is 454 g/mol. The zero-order chi connectivity index (χ0) is 24.9. The lowest BCUT2D eigenvalue weighted by atomic mass is 9.49. The van der Waals surface area contributed by atoms with E-state index in [1.54, 1.807) is 13.0 Å². The summed E-state index contributed by atoms with van der Waals surface area (Å²) in [7, 11) is 1.54. The first-order valence-corrected chi connectivity index (χ1v) is 13.1. The van der Waals surface area contributed by atoms with Crippen LogP contribution in [0, 0.1) is 23.2 Å². The van der Waals surface area contributed by atoms with Crippen molar-refractivity contribution < 1.29 is 19.1 Å². The van der Waals surface area contributed by atoms with Crippen LogP contribution in [0.15, 0.2) is 42.6 Å². The second kappa shape index (κ2) is 8.95. The Morgan fingerprint density at radius 3 is 2.42 bits per heavy atom. The molecule has 3 aromatic rings. The minimum Gasteiger partial charge on any atom is -0.493 e. The lowest BCUT2D eigenvalue weighted by Crippen LogP contribution is -2.51. The first-order valence-electron chi connectivity index (χ1n) is 13.1. The lowest BCUT2D eigenvalue weighted by molar-refractivity contribution is -0.134. The average molecular weight is 488 g/mol. The van der Waals surface area contributed by atoms with Crippen molar-refractivity contribution in [3.05, 3.63) is 48.3 Å². The first kappa shape index (κ1) is 23.1. The number of rotatable bonds is 7. The van der Waals surface area contributed by atoms with Crippen LogP contribution in [0.4, 0.5) is 0 Å². The average Bonchev–Trinajstić information content (AvgIpc) is 3.31. The van der Waals surface area contributed by atoms with Crippen molar-refractivity contribution in [2.45, 2.75) is 51.9 Å². The number of hydrogen-bond donors (Lipinski definition) is 1. The van der Waals surface area contributed by atoms with Gasteiger partial charge in [0, 0.05) is 24.7 Å². The van der Waals surface area contributed by atoms with E-state index in [0.29, 0.717) is 34.1 Å². The molecule has 188 valence electrons. The molecule has 36 heavy (non-hydrogen) atoms. The fourth-order valence-electron chi connectivity index (χ4n) is 7.36. The van der Waals surface area contributed by atoms with Gasteiger partial charge in [-0.2, -0.15) is 0 Å². The molecular formula is C29H33N3O4. The minimum atomic E-state index is -0.353. The molecule has 7 heteroatoms. The van der Waals surface area contributed by atoms with E-state index < -0.39 is 0 Å². The molecule has 0 unspecified atom stereocenters.